The Bertz CT molecular complexity index is 717. The number of ether oxygens (including phenoxy) is 2. The van der Waals surface area contributed by atoms with E-state index >= 15 is 0 Å². The van der Waals surface area contributed by atoms with Crippen molar-refractivity contribution >= 4 is 18.2 Å². The smallest absolute Gasteiger partial charge is 0.308 e. The van der Waals surface area contributed by atoms with Gasteiger partial charge in [0.1, 0.15) is 6.23 Å². The van der Waals surface area contributed by atoms with Crippen LogP contribution in [0.5, 0.6) is 0 Å². The lowest BCUT2D eigenvalue weighted by atomic mass is 10.1. The van der Waals surface area contributed by atoms with E-state index < -0.39 is 36.7 Å². The lowest BCUT2D eigenvalue weighted by Crippen LogP contribution is -2.38. The van der Waals surface area contributed by atoms with Crippen molar-refractivity contribution in [2.45, 2.75) is 45.4 Å². The van der Waals surface area contributed by atoms with Gasteiger partial charge in [0.15, 0.2) is 17.5 Å². The summed E-state index contributed by atoms with van der Waals surface area (Å²) in [5.74, 6) is -3.84. The molecule has 9 heteroatoms. The highest BCUT2D eigenvalue weighted by molar-refractivity contribution is 7.71. The van der Waals surface area contributed by atoms with E-state index in [0.717, 1.165) is 0 Å². The molecule has 0 radical (unpaired) electrons. The molecule has 0 saturated carbocycles. The third-order valence-electron chi connectivity index (χ3n) is 3.55. The second-order valence-corrected chi connectivity index (χ2v) is 6.19. The van der Waals surface area contributed by atoms with Crippen LogP contribution in [0.25, 0.3) is 0 Å². The number of hydrogen-bond donors (Lipinski definition) is 1. The molecule has 1 aromatic rings. The molecule has 0 bridgehead atoms. The maximum Gasteiger partial charge on any atom is 0.308 e. The van der Waals surface area contributed by atoms with E-state index in [0.29, 0.717) is 5.56 Å². The Morgan fingerprint density at radius 3 is 2.91 bits per heavy atom. The zero-order valence-electron chi connectivity index (χ0n) is 13.0. The SMILES string of the molecule is Cc1cn([C@H]2C[C@H](F)[C@@](F)(COC(=O)C(C)C)O2)c(=S)[nH]c1=O. The first-order chi connectivity index (χ1) is 10.6. The van der Waals surface area contributed by atoms with Gasteiger partial charge in [-0.3, -0.25) is 19.1 Å². The molecule has 3 atom stereocenters. The van der Waals surface area contributed by atoms with Gasteiger partial charge in [-0.1, -0.05) is 13.8 Å². The normalized spacial score (nSPS) is 27.4. The number of aromatic nitrogens is 2. The van der Waals surface area contributed by atoms with Crippen LogP contribution >= 0.6 is 12.2 Å². The van der Waals surface area contributed by atoms with Gasteiger partial charge in [0.25, 0.3) is 11.4 Å². The molecular weight excluding hydrogens is 330 g/mol. The van der Waals surface area contributed by atoms with Gasteiger partial charge in [0.2, 0.25) is 0 Å². The van der Waals surface area contributed by atoms with Crippen molar-refractivity contribution < 1.29 is 23.0 Å². The minimum Gasteiger partial charge on any atom is -0.459 e. The number of rotatable bonds is 4. The van der Waals surface area contributed by atoms with Crippen LogP contribution in [0, 0.1) is 17.6 Å². The van der Waals surface area contributed by atoms with E-state index in [9.17, 15) is 18.4 Å². The Morgan fingerprint density at radius 1 is 1.65 bits per heavy atom. The van der Waals surface area contributed by atoms with Crippen LogP contribution in [0.2, 0.25) is 0 Å². The van der Waals surface area contributed by atoms with Gasteiger partial charge >= 0.3 is 5.97 Å². The topological polar surface area (TPSA) is 73.3 Å². The minimum absolute atomic E-state index is 0.00113. The van der Waals surface area contributed by atoms with Gasteiger partial charge in [-0.25, -0.2) is 8.78 Å². The number of aromatic amines is 1. The molecule has 1 saturated heterocycles. The average molecular weight is 348 g/mol. The van der Waals surface area contributed by atoms with Crippen LogP contribution in [0.3, 0.4) is 0 Å². The number of nitrogens with one attached hydrogen (secondary N) is 1. The molecule has 1 aliphatic heterocycles. The maximum absolute atomic E-state index is 14.6. The van der Waals surface area contributed by atoms with Crippen LogP contribution in [-0.2, 0) is 14.3 Å². The zero-order valence-corrected chi connectivity index (χ0v) is 13.8. The summed E-state index contributed by atoms with van der Waals surface area (Å²) in [7, 11) is 0. The fourth-order valence-electron chi connectivity index (χ4n) is 2.13. The van der Waals surface area contributed by atoms with Gasteiger partial charge in [-0.05, 0) is 19.1 Å². The van der Waals surface area contributed by atoms with E-state index in [4.69, 9.17) is 21.7 Å². The molecule has 6 nitrogen and oxygen atoms in total. The summed E-state index contributed by atoms with van der Waals surface area (Å²) in [5.41, 5.74) is -0.0429. The Labute approximate surface area is 136 Å². The summed E-state index contributed by atoms with van der Waals surface area (Å²) in [6.07, 6.45) is -1.95. The summed E-state index contributed by atoms with van der Waals surface area (Å²) in [6, 6.07) is 0. The number of H-pyrrole nitrogens is 1. The van der Waals surface area contributed by atoms with E-state index in [1.54, 1.807) is 20.8 Å². The van der Waals surface area contributed by atoms with Crippen molar-refractivity contribution in [3.63, 3.8) is 0 Å². The predicted molar refractivity (Wildman–Crippen MR) is 79.9 cm³/mol. The molecule has 1 N–H and O–H groups in total. The van der Waals surface area contributed by atoms with Crippen molar-refractivity contribution in [2.75, 3.05) is 6.61 Å². The molecule has 0 amide bonds. The molecule has 0 aromatic carbocycles. The molecular formula is C14H18F2N2O4S. The number of hydrogen-bond acceptors (Lipinski definition) is 5. The molecule has 1 fully saturated rings. The second-order valence-electron chi connectivity index (χ2n) is 5.80. The zero-order chi connectivity index (χ0) is 17.4. The van der Waals surface area contributed by atoms with E-state index in [1.165, 1.54) is 10.8 Å². The van der Waals surface area contributed by atoms with Crippen molar-refractivity contribution in [2.24, 2.45) is 5.92 Å². The Balaban J connectivity index is 2.17. The molecule has 1 aliphatic rings. The summed E-state index contributed by atoms with van der Waals surface area (Å²) in [5, 5.41) is 0. The number of aryl methyl sites for hydroxylation is 1. The van der Waals surface area contributed by atoms with Gasteiger partial charge in [-0.15, -0.1) is 0 Å². The van der Waals surface area contributed by atoms with Crippen LogP contribution in [0.15, 0.2) is 11.0 Å². The van der Waals surface area contributed by atoms with Crippen LogP contribution in [-0.4, -0.2) is 34.2 Å². The number of carbonyl (C=O) groups is 1. The lowest BCUT2D eigenvalue weighted by Gasteiger charge is -2.23. The lowest BCUT2D eigenvalue weighted by molar-refractivity contribution is -0.209. The van der Waals surface area contributed by atoms with Gasteiger partial charge in [0, 0.05) is 18.2 Å². The number of esters is 1. The quantitative estimate of drug-likeness (QED) is 0.668. The Morgan fingerprint density at radius 2 is 2.30 bits per heavy atom. The Hall–Kier alpha value is -1.61. The third-order valence-corrected chi connectivity index (χ3v) is 3.86. The van der Waals surface area contributed by atoms with E-state index in [1.807, 2.05) is 0 Å². The highest BCUT2D eigenvalue weighted by Crippen LogP contribution is 2.40. The van der Waals surface area contributed by atoms with Crippen LogP contribution < -0.4 is 5.56 Å². The van der Waals surface area contributed by atoms with Crippen LogP contribution in [0.1, 0.15) is 32.1 Å². The van der Waals surface area contributed by atoms with Crippen LogP contribution in [0.4, 0.5) is 8.78 Å². The van der Waals surface area contributed by atoms with Gasteiger partial charge in [-0.2, -0.15) is 0 Å². The predicted octanol–water partition coefficient (Wildman–Crippen LogP) is 2.34. The molecule has 1 aromatic heterocycles. The minimum atomic E-state index is -2.74. The first-order valence-electron chi connectivity index (χ1n) is 7.13. The molecule has 0 aliphatic carbocycles. The number of alkyl halides is 2. The van der Waals surface area contributed by atoms with Crippen molar-refractivity contribution in [3.8, 4) is 0 Å². The number of nitrogens with zero attached hydrogens (tertiary/aromatic N) is 1. The Kier molecular flexibility index (Phi) is 5.00. The van der Waals surface area contributed by atoms with Gasteiger partial charge in [0.05, 0.1) is 5.92 Å². The number of halogens is 2. The van der Waals surface area contributed by atoms with Crippen molar-refractivity contribution in [1.82, 2.24) is 9.55 Å². The monoisotopic (exact) mass is 348 g/mol. The maximum atomic E-state index is 14.6. The summed E-state index contributed by atoms with van der Waals surface area (Å²) < 4.78 is 39.8. The second kappa shape index (κ2) is 6.48. The first-order valence-corrected chi connectivity index (χ1v) is 7.54. The highest BCUT2D eigenvalue weighted by Gasteiger charge is 2.52. The van der Waals surface area contributed by atoms with Crippen molar-refractivity contribution in [1.29, 1.82) is 0 Å². The fourth-order valence-corrected chi connectivity index (χ4v) is 2.40. The standard InChI is InChI=1S/C14H18F2N2O4S/c1-7(2)12(20)21-6-14(16)9(15)4-10(22-14)18-5-8(3)11(19)17-13(18)23/h5,7,9-10H,4,6H2,1-3H3,(H,17,19,23)/t9-,10+,14+/m0/s1. The van der Waals surface area contributed by atoms with E-state index in [2.05, 4.69) is 4.98 Å². The first kappa shape index (κ1) is 17.7. The third kappa shape index (κ3) is 3.66. The van der Waals surface area contributed by atoms with Gasteiger partial charge < -0.3 is 9.47 Å². The summed E-state index contributed by atoms with van der Waals surface area (Å²) >= 11 is 4.99. The molecule has 2 heterocycles. The molecule has 128 valence electrons. The average Bonchev–Trinajstić information content (AvgIpc) is 2.76. The largest absolute Gasteiger partial charge is 0.459 e. The molecule has 2 rings (SSSR count). The van der Waals surface area contributed by atoms with Crippen molar-refractivity contribution in [3.05, 3.63) is 26.9 Å². The summed E-state index contributed by atoms with van der Waals surface area (Å²) in [6.45, 7) is 3.87. The van der Waals surface area contributed by atoms with E-state index in [-0.39, 0.29) is 16.8 Å². The highest BCUT2D eigenvalue weighted by atomic mass is 32.1. The molecule has 23 heavy (non-hydrogen) atoms. The molecule has 0 unspecified atom stereocenters. The molecule has 0 spiro atoms. The summed E-state index contributed by atoms with van der Waals surface area (Å²) in [4.78, 5) is 25.3. The fraction of sp³-hybridized carbons (Fsp3) is 0.643. The number of carbonyl (C=O) groups excluding carboxylic acids is 1.